The van der Waals surface area contributed by atoms with Crippen LogP contribution in [0.25, 0.3) is 10.9 Å². The Kier molecular flexibility index (Phi) is 7.75. The van der Waals surface area contributed by atoms with Gasteiger partial charge in [0.2, 0.25) is 5.91 Å². The number of anilines is 2. The van der Waals surface area contributed by atoms with E-state index in [4.69, 9.17) is 25.7 Å². The van der Waals surface area contributed by atoms with E-state index in [1.165, 1.54) is 12.0 Å². The minimum Gasteiger partial charge on any atom is -0.486 e. The van der Waals surface area contributed by atoms with Gasteiger partial charge in [0, 0.05) is 37.0 Å². The lowest BCUT2D eigenvalue weighted by molar-refractivity contribution is -0.122. The normalized spacial score (nSPS) is 13.0. The van der Waals surface area contributed by atoms with E-state index >= 15 is 0 Å². The van der Waals surface area contributed by atoms with Gasteiger partial charge in [0.25, 0.3) is 11.8 Å². The second-order valence-corrected chi connectivity index (χ2v) is 9.56. The Labute approximate surface area is 233 Å². The minimum atomic E-state index is -1.17. The molecule has 0 radical (unpaired) electrons. The number of nitrogen functional groups attached to an aromatic ring is 1. The monoisotopic (exact) mass is 562 g/mol. The number of nitrogens with zero attached hydrogens (tertiary/aromatic N) is 3. The molecule has 1 aliphatic rings. The van der Waals surface area contributed by atoms with Crippen LogP contribution in [0.1, 0.15) is 31.8 Å². The van der Waals surface area contributed by atoms with Gasteiger partial charge in [-0.3, -0.25) is 24.3 Å². The van der Waals surface area contributed by atoms with Crippen molar-refractivity contribution in [1.29, 1.82) is 0 Å². The highest BCUT2D eigenvalue weighted by molar-refractivity contribution is 7.09. The number of amides is 3. The molecule has 12 nitrogen and oxygen atoms in total. The molecule has 3 heterocycles. The van der Waals surface area contributed by atoms with Crippen molar-refractivity contribution >= 4 is 51.5 Å². The number of aromatic nitrogens is 2. The first-order valence-electron chi connectivity index (χ1n) is 12.3. The number of carbonyl (C=O) groups is 3. The number of methoxy groups -OCH3 is 1. The number of primary amides is 1. The van der Waals surface area contributed by atoms with Crippen molar-refractivity contribution in [3.63, 3.8) is 0 Å². The zero-order valence-electron chi connectivity index (χ0n) is 21.5. The molecule has 3 amide bonds. The third kappa shape index (κ3) is 5.24. The van der Waals surface area contributed by atoms with Crippen molar-refractivity contribution in [2.45, 2.75) is 6.04 Å². The molecule has 2 aromatic carbocycles. The summed E-state index contributed by atoms with van der Waals surface area (Å²) in [7, 11) is 1.52. The highest BCUT2D eigenvalue weighted by atomic mass is 32.1. The Morgan fingerprint density at radius 3 is 2.67 bits per heavy atom. The SMILES string of the molecule is COCCNC(=O)[C@H](c1ccc2ncccc2c1)N(C(=O)c1snc(C(N)=O)c1N)c1ccc2c(c1)OCCO2. The maximum Gasteiger partial charge on any atom is 0.273 e. The molecule has 5 rings (SSSR count). The fraction of sp³-hybridized carbons (Fsp3) is 0.222. The van der Waals surface area contributed by atoms with Crippen LogP contribution >= 0.6 is 11.5 Å². The third-order valence-corrected chi connectivity index (χ3v) is 7.08. The number of ether oxygens (including phenoxy) is 3. The van der Waals surface area contributed by atoms with Crippen LogP contribution in [-0.2, 0) is 9.53 Å². The van der Waals surface area contributed by atoms with Gasteiger partial charge in [-0.15, -0.1) is 0 Å². The lowest BCUT2D eigenvalue weighted by Gasteiger charge is -2.32. The molecule has 0 spiro atoms. The quantitative estimate of drug-likeness (QED) is 0.259. The van der Waals surface area contributed by atoms with Crippen LogP contribution in [0.2, 0.25) is 0 Å². The second kappa shape index (κ2) is 11.6. The average Bonchev–Trinajstić information content (AvgIpc) is 3.36. The maximum absolute atomic E-state index is 14.3. The summed E-state index contributed by atoms with van der Waals surface area (Å²) in [6.07, 6.45) is 1.67. The van der Waals surface area contributed by atoms with E-state index in [2.05, 4.69) is 14.7 Å². The summed E-state index contributed by atoms with van der Waals surface area (Å²) < 4.78 is 20.5. The molecule has 0 unspecified atom stereocenters. The van der Waals surface area contributed by atoms with E-state index in [0.29, 0.717) is 36.0 Å². The van der Waals surface area contributed by atoms with Crippen LogP contribution in [0, 0.1) is 0 Å². The molecule has 13 heteroatoms. The molecule has 2 aromatic heterocycles. The van der Waals surface area contributed by atoms with E-state index < -0.39 is 23.8 Å². The molecule has 0 aliphatic carbocycles. The van der Waals surface area contributed by atoms with Gasteiger partial charge in [-0.2, -0.15) is 4.37 Å². The lowest BCUT2D eigenvalue weighted by Crippen LogP contribution is -2.44. The topological polar surface area (TPSA) is 172 Å². The number of rotatable bonds is 9. The Morgan fingerprint density at radius 1 is 1.12 bits per heavy atom. The number of pyridine rings is 1. The van der Waals surface area contributed by atoms with Crippen LogP contribution in [0.5, 0.6) is 11.5 Å². The largest absolute Gasteiger partial charge is 0.486 e. The number of hydrogen-bond acceptors (Lipinski definition) is 10. The summed E-state index contributed by atoms with van der Waals surface area (Å²) in [5.74, 6) is -1.07. The third-order valence-electron chi connectivity index (χ3n) is 6.23. The van der Waals surface area contributed by atoms with Gasteiger partial charge in [-0.25, -0.2) is 0 Å². The number of nitrogens with two attached hydrogens (primary N) is 2. The van der Waals surface area contributed by atoms with E-state index in [1.807, 2.05) is 6.07 Å². The molecule has 0 fully saturated rings. The summed E-state index contributed by atoms with van der Waals surface area (Å²) in [6, 6.07) is 12.7. The van der Waals surface area contributed by atoms with E-state index in [9.17, 15) is 14.4 Å². The molecule has 0 saturated carbocycles. The van der Waals surface area contributed by atoms with Crippen molar-refractivity contribution in [2.75, 3.05) is 44.1 Å². The summed E-state index contributed by atoms with van der Waals surface area (Å²) in [4.78, 5) is 45.6. The first-order chi connectivity index (χ1) is 19.4. The van der Waals surface area contributed by atoms with Crippen molar-refractivity contribution in [1.82, 2.24) is 14.7 Å². The summed E-state index contributed by atoms with van der Waals surface area (Å²) >= 11 is 0.728. The lowest BCUT2D eigenvalue weighted by atomic mass is 10.00. The molecule has 0 saturated heterocycles. The van der Waals surface area contributed by atoms with Gasteiger partial charge in [0.1, 0.15) is 24.1 Å². The maximum atomic E-state index is 14.3. The van der Waals surface area contributed by atoms with E-state index in [1.54, 1.807) is 48.7 Å². The zero-order valence-corrected chi connectivity index (χ0v) is 22.3. The predicted octanol–water partition coefficient (Wildman–Crippen LogP) is 2.29. The molecule has 5 N–H and O–H groups in total. The number of hydrogen-bond donors (Lipinski definition) is 3. The van der Waals surface area contributed by atoms with Crippen LogP contribution in [0.3, 0.4) is 0 Å². The Hall–Kier alpha value is -4.75. The first kappa shape index (κ1) is 26.8. The Bertz CT molecular complexity index is 1590. The fourth-order valence-corrected chi connectivity index (χ4v) is 5.10. The van der Waals surface area contributed by atoms with Crippen LogP contribution in [-0.4, -0.2) is 60.6 Å². The number of fused-ring (bicyclic) bond motifs is 2. The second-order valence-electron chi connectivity index (χ2n) is 8.78. The van der Waals surface area contributed by atoms with Gasteiger partial charge in [-0.05, 0) is 47.4 Å². The minimum absolute atomic E-state index is 0.0409. The van der Waals surface area contributed by atoms with Crippen molar-refractivity contribution < 1.29 is 28.6 Å². The molecule has 0 bridgehead atoms. The van der Waals surface area contributed by atoms with Gasteiger partial charge < -0.3 is 31.0 Å². The standard InChI is InChI=1S/C27H26N6O6S/c1-37-10-9-31-26(35)23(16-4-6-18-15(13-16)3-2-8-30-18)33(17-5-7-19-20(14-17)39-12-11-38-19)27(36)24-21(28)22(25(29)34)32-40-24/h2-8,13-14,23H,9-12,28H2,1H3,(H2,29,34)(H,31,35)/t23-/m0/s1. The van der Waals surface area contributed by atoms with E-state index in [-0.39, 0.29) is 29.4 Å². The highest BCUT2D eigenvalue weighted by Crippen LogP contribution is 2.39. The Balaban J connectivity index is 1.68. The zero-order chi connectivity index (χ0) is 28.2. The predicted molar refractivity (Wildman–Crippen MR) is 149 cm³/mol. The van der Waals surface area contributed by atoms with Gasteiger partial charge in [-0.1, -0.05) is 12.1 Å². The Morgan fingerprint density at radius 2 is 1.93 bits per heavy atom. The molecule has 1 atom stereocenters. The molecular formula is C27H26N6O6S. The van der Waals surface area contributed by atoms with Crippen LogP contribution in [0.15, 0.2) is 54.7 Å². The number of benzene rings is 2. The first-order valence-corrected chi connectivity index (χ1v) is 13.1. The number of carbonyl (C=O) groups excluding carboxylic acids is 3. The van der Waals surface area contributed by atoms with Crippen molar-refractivity contribution in [3.05, 3.63) is 70.9 Å². The van der Waals surface area contributed by atoms with Gasteiger partial charge in [0.05, 0.1) is 17.8 Å². The average molecular weight is 563 g/mol. The van der Waals surface area contributed by atoms with Crippen LogP contribution in [0.4, 0.5) is 11.4 Å². The van der Waals surface area contributed by atoms with E-state index in [0.717, 1.165) is 22.4 Å². The molecule has 1 aliphatic heterocycles. The fourth-order valence-electron chi connectivity index (χ4n) is 4.36. The smallest absolute Gasteiger partial charge is 0.273 e. The summed E-state index contributed by atoms with van der Waals surface area (Å²) in [5, 5.41) is 3.62. The number of nitrogens with one attached hydrogen (secondary N) is 1. The van der Waals surface area contributed by atoms with Crippen molar-refractivity contribution in [3.8, 4) is 11.5 Å². The molecular weight excluding hydrogens is 536 g/mol. The molecule has 40 heavy (non-hydrogen) atoms. The molecule has 206 valence electrons. The molecule has 4 aromatic rings. The highest BCUT2D eigenvalue weighted by Gasteiger charge is 2.36. The van der Waals surface area contributed by atoms with Crippen molar-refractivity contribution in [2.24, 2.45) is 5.73 Å². The van der Waals surface area contributed by atoms with Crippen LogP contribution < -0.4 is 31.2 Å². The van der Waals surface area contributed by atoms with Gasteiger partial charge >= 0.3 is 0 Å². The van der Waals surface area contributed by atoms with Gasteiger partial charge in [0.15, 0.2) is 17.2 Å². The summed E-state index contributed by atoms with van der Waals surface area (Å²) in [5.41, 5.74) is 12.7. The summed E-state index contributed by atoms with van der Waals surface area (Å²) in [6.45, 7) is 1.19.